The molecule has 0 radical (unpaired) electrons. The Morgan fingerprint density at radius 2 is 1.68 bits per heavy atom. The van der Waals surface area contributed by atoms with Crippen LogP contribution in [0.4, 0.5) is 17.3 Å². The summed E-state index contributed by atoms with van der Waals surface area (Å²) in [7, 11) is 0. The largest absolute Gasteiger partial charge is 0.323 e. The highest BCUT2D eigenvalue weighted by molar-refractivity contribution is 6.35. The monoisotopic (exact) mass is 392 g/mol. The van der Waals surface area contributed by atoms with Gasteiger partial charge in [-0.15, -0.1) is 0 Å². The van der Waals surface area contributed by atoms with E-state index >= 15 is 0 Å². The normalized spacial score (nSPS) is 10.4. The molecule has 0 atom stereocenters. The number of aromatic nitrogens is 2. The number of hydrogen-bond donors (Lipinski definition) is 2. The maximum Gasteiger partial charge on any atom is 0.274 e. The quantitative estimate of drug-likeness (QED) is 0.620. The second kappa shape index (κ2) is 7.70. The van der Waals surface area contributed by atoms with Gasteiger partial charge in [-0.1, -0.05) is 46.9 Å². The number of halogens is 3. The standard InChI is InChI=1S/C17H11Cl3N4O/c18-10-7-11(19)9-12(8-10)22-16(25)15-5-6-21-17(24-15)23-14-4-2-1-3-13(14)20/h1-9H,(H,22,25)(H,21,23,24). The zero-order valence-electron chi connectivity index (χ0n) is 12.6. The minimum atomic E-state index is -0.414. The molecule has 3 rings (SSSR count). The molecule has 3 aromatic rings. The zero-order chi connectivity index (χ0) is 17.8. The van der Waals surface area contributed by atoms with E-state index in [1.807, 2.05) is 12.1 Å². The lowest BCUT2D eigenvalue weighted by Crippen LogP contribution is -2.14. The Bertz CT molecular complexity index is 913. The number of nitrogens with one attached hydrogen (secondary N) is 2. The van der Waals surface area contributed by atoms with Crippen LogP contribution in [-0.2, 0) is 0 Å². The Morgan fingerprint density at radius 3 is 2.40 bits per heavy atom. The third kappa shape index (κ3) is 4.60. The van der Waals surface area contributed by atoms with Gasteiger partial charge in [-0.05, 0) is 36.4 Å². The van der Waals surface area contributed by atoms with Crippen LogP contribution < -0.4 is 10.6 Å². The summed E-state index contributed by atoms with van der Waals surface area (Å²) < 4.78 is 0. The van der Waals surface area contributed by atoms with Crippen molar-refractivity contribution in [2.45, 2.75) is 0 Å². The lowest BCUT2D eigenvalue weighted by Gasteiger charge is -2.09. The van der Waals surface area contributed by atoms with Gasteiger partial charge in [0.2, 0.25) is 5.95 Å². The lowest BCUT2D eigenvalue weighted by atomic mass is 10.3. The molecule has 0 aliphatic rings. The van der Waals surface area contributed by atoms with Gasteiger partial charge in [-0.3, -0.25) is 4.79 Å². The minimum Gasteiger partial charge on any atom is -0.323 e. The Labute approximate surface area is 159 Å². The molecular weight excluding hydrogens is 383 g/mol. The molecule has 0 aliphatic carbocycles. The molecule has 1 amide bonds. The van der Waals surface area contributed by atoms with Crippen LogP contribution in [0.15, 0.2) is 54.7 Å². The summed E-state index contributed by atoms with van der Waals surface area (Å²) in [5.41, 5.74) is 1.30. The van der Waals surface area contributed by atoms with Crippen LogP contribution in [-0.4, -0.2) is 15.9 Å². The summed E-state index contributed by atoms with van der Waals surface area (Å²) in [5.74, 6) is -0.159. The van der Waals surface area contributed by atoms with Crippen LogP contribution in [0.5, 0.6) is 0 Å². The van der Waals surface area contributed by atoms with Gasteiger partial charge in [0.15, 0.2) is 0 Å². The fraction of sp³-hybridized carbons (Fsp3) is 0. The van der Waals surface area contributed by atoms with Crippen molar-refractivity contribution in [3.63, 3.8) is 0 Å². The van der Waals surface area contributed by atoms with Crippen molar-refractivity contribution in [2.24, 2.45) is 0 Å². The fourth-order valence-electron chi connectivity index (χ4n) is 2.05. The first-order chi connectivity index (χ1) is 12.0. The minimum absolute atomic E-state index is 0.181. The van der Waals surface area contributed by atoms with E-state index in [9.17, 15) is 4.79 Å². The van der Waals surface area contributed by atoms with E-state index in [1.54, 1.807) is 30.3 Å². The Kier molecular flexibility index (Phi) is 5.38. The molecule has 2 aromatic carbocycles. The van der Waals surface area contributed by atoms with Gasteiger partial charge in [-0.25, -0.2) is 9.97 Å². The number of hydrogen-bond acceptors (Lipinski definition) is 4. The van der Waals surface area contributed by atoms with Crippen molar-refractivity contribution in [3.05, 3.63) is 75.5 Å². The summed E-state index contributed by atoms with van der Waals surface area (Å²) in [6, 6.07) is 13.4. The molecule has 0 saturated heterocycles. The first-order valence-corrected chi connectivity index (χ1v) is 8.27. The molecule has 1 heterocycles. The Morgan fingerprint density at radius 1 is 0.960 bits per heavy atom. The Balaban J connectivity index is 1.78. The second-order valence-corrected chi connectivity index (χ2v) is 6.26. The molecule has 1 aromatic heterocycles. The SMILES string of the molecule is O=C(Nc1cc(Cl)cc(Cl)c1)c1ccnc(Nc2ccccc2Cl)n1. The smallest absolute Gasteiger partial charge is 0.274 e. The third-order valence-corrected chi connectivity index (χ3v) is 3.89. The van der Waals surface area contributed by atoms with Gasteiger partial charge in [0, 0.05) is 21.9 Å². The van der Waals surface area contributed by atoms with E-state index in [0.717, 1.165) is 0 Å². The summed E-state index contributed by atoms with van der Waals surface area (Å²) in [6.07, 6.45) is 1.48. The van der Waals surface area contributed by atoms with Gasteiger partial charge in [0.25, 0.3) is 5.91 Å². The molecule has 0 spiro atoms. The van der Waals surface area contributed by atoms with Gasteiger partial charge in [0.1, 0.15) is 5.69 Å². The molecular formula is C17H11Cl3N4O. The highest BCUT2D eigenvalue weighted by Gasteiger charge is 2.11. The van der Waals surface area contributed by atoms with Crippen LogP contribution in [0.2, 0.25) is 15.1 Å². The average molecular weight is 394 g/mol. The van der Waals surface area contributed by atoms with E-state index in [0.29, 0.717) is 26.4 Å². The highest BCUT2D eigenvalue weighted by atomic mass is 35.5. The van der Waals surface area contributed by atoms with Crippen molar-refractivity contribution >= 4 is 58.0 Å². The van der Waals surface area contributed by atoms with E-state index in [2.05, 4.69) is 20.6 Å². The topological polar surface area (TPSA) is 66.9 Å². The first-order valence-electron chi connectivity index (χ1n) is 7.13. The summed E-state index contributed by atoms with van der Waals surface area (Å²) in [6.45, 7) is 0. The molecule has 0 unspecified atom stereocenters. The number of rotatable bonds is 4. The lowest BCUT2D eigenvalue weighted by molar-refractivity contribution is 0.102. The number of benzene rings is 2. The number of amides is 1. The number of anilines is 3. The van der Waals surface area contributed by atoms with Crippen LogP contribution in [0.25, 0.3) is 0 Å². The van der Waals surface area contributed by atoms with Gasteiger partial charge >= 0.3 is 0 Å². The average Bonchev–Trinajstić information content (AvgIpc) is 2.56. The van der Waals surface area contributed by atoms with Crippen LogP contribution in [0.1, 0.15) is 10.5 Å². The molecule has 8 heteroatoms. The predicted octanol–water partition coefficient (Wildman–Crippen LogP) is 5.43. The molecule has 0 aliphatic heterocycles. The van der Waals surface area contributed by atoms with Crippen LogP contribution >= 0.6 is 34.8 Å². The maximum absolute atomic E-state index is 12.4. The van der Waals surface area contributed by atoms with E-state index in [1.165, 1.54) is 12.3 Å². The number of carbonyl (C=O) groups excluding carboxylic acids is 1. The van der Waals surface area contributed by atoms with Gasteiger partial charge in [-0.2, -0.15) is 0 Å². The van der Waals surface area contributed by atoms with Crippen LogP contribution in [0.3, 0.4) is 0 Å². The third-order valence-electron chi connectivity index (χ3n) is 3.13. The summed E-state index contributed by atoms with van der Waals surface area (Å²) in [5, 5.41) is 7.03. The molecule has 25 heavy (non-hydrogen) atoms. The van der Waals surface area contributed by atoms with Crippen molar-refractivity contribution in [2.75, 3.05) is 10.6 Å². The highest BCUT2D eigenvalue weighted by Crippen LogP contribution is 2.24. The first kappa shape index (κ1) is 17.5. The predicted molar refractivity (Wildman–Crippen MR) is 101 cm³/mol. The van der Waals surface area contributed by atoms with E-state index in [-0.39, 0.29) is 11.6 Å². The number of para-hydroxylation sites is 1. The Hall–Kier alpha value is -2.34. The van der Waals surface area contributed by atoms with Gasteiger partial charge < -0.3 is 10.6 Å². The number of carbonyl (C=O) groups is 1. The fourth-order valence-corrected chi connectivity index (χ4v) is 2.76. The molecule has 5 nitrogen and oxygen atoms in total. The molecule has 2 N–H and O–H groups in total. The van der Waals surface area contributed by atoms with E-state index < -0.39 is 5.91 Å². The van der Waals surface area contributed by atoms with Crippen molar-refractivity contribution in [1.82, 2.24) is 9.97 Å². The number of nitrogens with zero attached hydrogens (tertiary/aromatic N) is 2. The van der Waals surface area contributed by atoms with Gasteiger partial charge in [0.05, 0.1) is 10.7 Å². The molecule has 0 saturated carbocycles. The second-order valence-electron chi connectivity index (χ2n) is 4.98. The van der Waals surface area contributed by atoms with Crippen molar-refractivity contribution in [1.29, 1.82) is 0 Å². The van der Waals surface area contributed by atoms with Crippen LogP contribution in [0, 0.1) is 0 Å². The zero-order valence-corrected chi connectivity index (χ0v) is 14.9. The summed E-state index contributed by atoms with van der Waals surface area (Å²) >= 11 is 17.9. The van der Waals surface area contributed by atoms with Crippen molar-refractivity contribution in [3.8, 4) is 0 Å². The maximum atomic E-state index is 12.4. The van der Waals surface area contributed by atoms with E-state index in [4.69, 9.17) is 34.8 Å². The van der Waals surface area contributed by atoms with Crippen molar-refractivity contribution < 1.29 is 4.79 Å². The molecule has 0 bridgehead atoms. The summed E-state index contributed by atoms with van der Waals surface area (Å²) in [4.78, 5) is 20.6. The molecule has 126 valence electrons. The molecule has 0 fully saturated rings.